The molecule has 0 aliphatic heterocycles. The van der Waals surface area contributed by atoms with Crippen molar-refractivity contribution in [2.24, 2.45) is 0 Å². The van der Waals surface area contributed by atoms with Gasteiger partial charge in [-0.15, -0.1) is 5.10 Å². The number of para-hydroxylation sites is 1. The summed E-state index contributed by atoms with van der Waals surface area (Å²) in [5.41, 5.74) is 3.53. The van der Waals surface area contributed by atoms with Gasteiger partial charge in [-0.3, -0.25) is 4.90 Å². The second kappa shape index (κ2) is 7.01. The molecule has 0 amide bonds. The Labute approximate surface area is 145 Å². The van der Waals surface area contributed by atoms with E-state index in [4.69, 9.17) is 0 Å². The topological polar surface area (TPSA) is 46.8 Å². The van der Waals surface area contributed by atoms with Crippen LogP contribution < -0.4 is 0 Å². The van der Waals surface area contributed by atoms with Gasteiger partial charge in [-0.2, -0.15) is 4.68 Å². The van der Waals surface area contributed by atoms with Crippen molar-refractivity contribution in [3.8, 4) is 5.69 Å². The fraction of sp³-hybridized carbons (Fsp3) is 0.632. The summed E-state index contributed by atoms with van der Waals surface area (Å²) in [7, 11) is 0. The number of tetrazole rings is 1. The monoisotopic (exact) mass is 327 g/mol. The molecule has 2 aromatic rings. The van der Waals surface area contributed by atoms with Crippen LogP contribution in [0.15, 0.2) is 18.2 Å². The third-order valence-electron chi connectivity index (χ3n) is 5.59. The molecule has 1 aliphatic carbocycles. The molecule has 1 aromatic carbocycles. The fourth-order valence-electron chi connectivity index (χ4n) is 4.41. The number of aromatic nitrogens is 4. The first-order valence-electron chi connectivity index (χ1n) is 9.24. The average Bonchev–Trinajstić information content (AvgIpc) is 3.06. The fourth-order valence-corrected chi connectivity index (χ4v) is 4.41. The van der Waals surface area contributed by atoms with Crippen molar-refractivity contribution in [3.63, 3.8) is 0 Å². The van der Waals surface area contributed by atoms with Gasteiger partial charge in [0, 0.05) is 0 Å². The number of hydrogen-bond donors (Lipinski definition) is 0. The van der Waals surface area contributed by atoms with E-state index in [1.54, 1.807) is 0 Å². The summed E-state index contributed by atoms with van der Waals surface area (Å²) in [4.78, 5) is 2.56. The molecule has 0 bridgehead atoms. The second-order valence-corrected chi connectivity index (χ2v) is 6.92. The van der Waals surface area contributed by atoms with Crippen molar-refractivity contribution in [1.82, 2.24) is 25.1 Å². The molecule has 0 N–H and O–H groups in total. The summed E-state index contributed by atoms with van der Waals surface area (Å²) < 4.78 is 2.01. The minimum Gasteiger partial charge on any atom is -0.291 e. The van der Waals surface area contributed by atoms with E-state index >= 15 is 0 Å². The minimum absolute atomic E-state index is 0.0417. The van der Waals surface area contributed by atoms with Gasteiger partial charge in [0.1, 0.15) is 0 Å². The predicted molar refractivity (Wildman–Crippen MR) is 96.3 cm³/mol. The molecule has 130 valence electrons. The molecule has 1 heterocycles. The van der Waals surface area contributed by atoms with Crippen molar-refractivity contribution in [2.75, 3.05) is 13.1 Å². The molecule has 5 nitrogen and oxygen atoms in total. The number of hydrogen-bond acceptors (Lipinski definition) is 4. The number of aryl methyl sites for hydroxylation is 2. The van der Waals surface area contributed by atoms with E-state index in [0.717, 1.165) is 37.4 Å². The molecule has 0 saturated heterocycles. The summed E-state index contributed by atoms with van der Waals surface area (Å²) in [6.45, 7) is 10.8. The van der Waals surface area contributed by atoms with E-state index in [1.165, 1.54) is 30.4 Å². The molecule has 1 aromatic heterocycles. The Morgan fingerprint density at radius 3 is 2.25 bits per heavy atom. The largest absolute Gasteiger partial charge is 0.291 e. The average molecular weight is 327 g/mol. The van der Waals surface area contributed by atoms with E-state index in [0.29, 0.717) is 0 Å². The zero-order valence-electron chi connectivity index (χ0n) is 15.4. The first-order chi connectivity index (χ1) is 11.6. The molecule has 0 spiro atoms. The Hall–Kier alpha value is -1.75. The smallest absolute Gasteiger partial charge is 0.176 e. The van der Waals surface area contributed by atoms with Gasteiger partial charge < -0.3 is 0 Å². The van der Waals surface area contributed by atoms with E-state index in [2.05, 4.69) is 66.3 Å². The first kappa shape index (κ1) is 17.1. The van der Waals surface area contributed by atoms with Gasteiger partial charge >= 0.3 is 0 Å². The Kier molecular flexibility index (Phi) is 4.99. The van der Waals surface area contributed by atoms with Crippen LogP contribution in [-0.4, -0.2) is 38.2 Å². The van der Waals surface area contributed by atoms with Gasteiger partial charge in [-0.1, -0.05) is 51.3 Å². The lowest BCUT2D eigenvalue weighted by Crippen LogP contribution is -2.49. The zero-order valence-corrected chi connectivity index (χ0v) is 15.4. The zero-order chi connectivity index (χ0) is 17.2. The van der Waals surface area contributed by atoms with Crippen LogP contribution in [0.5, 0.6) is 0 Å². The molecule has 5 heteroatoms. The van der Waals surface area contributed by atoms with Crippen LogP contribution in [-0.2, 0) is 5.54 Å². The van der Waals surface area contributed by atoms with Gasteiger partial charge in [-0.25, -0.2) is 0 Å². The Balaban J connectivity index is 2.16. The van der Waals surface area contributed by atoms with Crippen LogP contribution in [0.1, 0.15) is 62.9 Å². The highest BCUT2D eigenvalue weighted by molar-refractivity contribution is 5.47. The SMILES string of the molecule is CCN(CC)C1(c2nnnn2-c2c(C)cccc2C)CCCCC1. The lowest BCUT2D eigenvalue weighted by molar-refractivity contribution is 0.0463. The number of benzene rings is 1. The van der Waals surface area contributed by atoms with E-state index in [9.17, 15) is 0 Å². The second-order valence-electron chi connectivity index (χ2n) is 6.92. The highest BCUT2D eigenvalue weighted by Crippen LogP contribution is 2.42. The number of nitrogens with zero attached hydrogens (tertiary/aromatic N) is 5. The molecule has 24 heavy (non-hydrogen) atoms. The first-order valence-corrected chi connectivity index (χ1v) is 9.24. The third kappa shape index (κ3) is 2.75. The van der Waals surface area contributed by atoms with E-state index < -0.39 is 0 Å². The number of rotatable bonds is 5. The van der Waals surface area contributed by atoms with Crippen LogP contribution >= 0.6 is 0 Å². The molecular formula is C19H29N5. The summed E-state index contributed by atoms with van der Waals surface area (Å²) in [5.74, 6) is 1.02. The van der Waals surface area contributed by atoms with Crippen LogP contribution in [0, 0.1) is 13.8 Å². The molecule has 0 unspecified atom stereocenters. The van der Waals surface area contributed by atoms with E-state index in [1.807, 2.05) is 4.68 Å². The summed E-state index contributed by atoms with van der Waals surface area (Å²) in [6.07, 6.45) is 6.08. The lowest BCUT2D eigenvalue weighted by Gasteiger charge is -2.44. The van der Waals surface area contributed by atoms with Crippen LogP contribution in [0.3, 0.4) is 0 Å². The van der Waals surface area contributed by atoms with Crippen molar-refractivity contribution in [2.45, 2.75) is 65.3 Å². The van der Waals surface area contributed by atoms with Crippen molar-refractivity contribution >= 4 is 0 Å². The summed E-state index contributed by atoms with van der Waals surface area (Å²) in [6, 6.07) is 6.37. The van der Waals surface area contributed by atoms with Gasteiger partial charge in [-0.05, 0) is 61.3 Å². The van der Waals surface area contributed by atoms with Gasteiger partial charge in [0.05, 0.1) is 11.2 Å². The van der Waals surface area contributed by atoms with Crippen LogP contribution in [0.2, 0.25) is 0 Å². The quantitative estimate of drug-likeness (QED) is 0.838. The van der Waals surface area contributed by atoms with Crippen molar-refractivity contribution in [3.05, 3.63) is 35.2 Å². The third-order valence-corrected chi connectivity index (χ3v) is 5.59. The molecule has 1 fully saturated rings. The van der Waals surface area contributed by atoms with Gasteiger partial charge in [0.2, 0.25) is 0 Å². The van der Waals surface area contributed by atoms with E-state index in [-0.39, 0.29) is 5.54 Å². The molecule has 0 radical (unpaired) electrons. The lowest BCUT2D eigenvalue weighted by atomic mass is 9.79. The van der Waals surface area contributed by atoms with Gasteiger partial charge in [0.25, 0.3) is 0 Å². The Morgan fingerprint density at radius 1 is 1.04 bits per heavy atom. The molecule has 1 aliphatic rings. The maximum absolute atomic E-state index is 4.55. The van der Waals surface area contributed by atoms with Crippen LogP contribution in [0.25, 0.3) is 5.69 Å². The maximum Gasteiger partial charge on any atom is 0.176 e. The maximum atomic E-state index is 4.55. The Morgan fingerprint density at radius 2 is 1.67 bits per heavy atom. The van der Waals surface area contributed by atoms with Crippen molar-refractivity contribution in [1.29, 1.82) is 0 Å². The Bertz CT molecular complexity index is 661. The van der Waals surface area contributed by atoms with Crippen LogP contribution in [0.4, 0.5) is 0 Å². The standard InChI is InChI=1S/C19H29N5/c1-5-23(6-2)19(13-8-7-9-14-19)18-20-21-22-24(18)17-15(3)11-10-12-16(17)4/h10-12H,5-9,13-14H2,1-4H3. The highest BCUT2D eigenvalue weighted by atomic mass is 15.6. The molecule has 1 saturated carbocycles. The molecular weight excluding hydrogens is 298 g/mol. The van der Waals surface area contributed by atoms with Gasteiger partial charge in [0.15, 0.2) is 5.82 Å². The predicted octanol–water partition coefficient (Wildman–Crippen LogP) is 3.78. The normalized spacial score (nSPS) is 17.4. The highest BCUT2D eigenvalue weighted by Gasteiger charge is 2.43. The van der Waals surface area contributed by atoms with Crippen molar-refractivity contribution < 1.29 is 0 Å². The summed E-state index contributed by atoms with van der Waals surface area (Å²) >= 11 is 0. The molecule has 3 rings (SSSR count). The molecule has 0 atom stereocenters. The minimum atomic E-state index is -0.0417. The summed E-state index contributed by atoms with van der Waals surface area (Å²) in [5, 5.41) is 13.0.